The van der Waals surface area contributed by atoms with Crippen molar-refractivity contribution in [1.82, 2.24) is 25.1 Å². The number of nitrogens with zero attached hydrogens (tertiary/aromatic N) is 6. The summed E-state index contributed by atoms with van der Waals surface area (Å²) >= 11 is 0. The van der Waals surface area contributed by atoms with Gasteiger partial charge in [-0.05, 0) is 50.2 Å². The first-order valence-electron chi connectivity index (χ1n) is 13.3. The molecule has 38 heavy (non-hydrogen) atoms. The number of hydrogen-bond acceptors (Lipinski definition) is 9. The van der Waals surface area contributed by atoms with E-state index in [0.717, 1.165) is 38.5 Å². The largest absolute Gasteiger partial charge is 0.507 e. The van der Waals surface area contributed by atoms with Crippen molar-refractivity contribution in [3.63, 3.8) is 0 Å². The average Bonchev–Trinajstić information content (AvgIpc) is 3.77. The second kappa shape index (κ2) is 9.63. The second-order valence-corrected chi connectivity index (χ2v) is 11.1. The van der Waals surface area contributed by atoms with Crippen LogP contribution in [0.3, 0.4) is 0 Å². The van der Waals surface area contributed by atoms with E-state index in [-0.39, 0.29) is 35.0 Å². The van der Waals surface area contributed by atoms with Crippen molar-refractivity contribution in [3.8, 4) is 40.2 Å². The van der Waals surface area contributed by atoms with Gasteiger partial charge >= 0.3 is 0 Å². The molecule has 1 aromatic carbocycles. The van der Waals surface area contributed by atoms with Gasteiger partial charge in [-0.2, -0.15) is 0 Å². The van der Waals surface area contributed by atoms with Crippen LogP contribution in [0.4, 0.5) is 10.2 Å². The summed E-state index contributed by atoms with van der Waals surface area (Å²) in [6.45, 7) is 2.12. The minimum Gasteiger partial charge on any atom is -0.507 e. The van der Waals surface area contributed by atoms with E-state index >= 15 is 4.39 Å². The van der Waals surface area contributed by atoms with Crippen LogP contribution in [-0.4, -0.2) is 62.7 Å². The number of aromatic hydroxyl groups is 1. The highest BCUT2D eigenvalue weighted by atomic mass is 19.1. The van der Waals surface area contributed by atoms with Crippen molar-refractivity contribution < 1.29 is 19.0 Å². The molecule has 3 aromatic rings. The van der Waals surface area contributed by atoms with Crippen LogP contribution in [0.25, 0.3) is 22.6 Å². The number of methoxy groups -OCH3 is 2. The molecule has 2 heterocycles. The molecule has 2 aromatic heterocycles. The van der Waals surface area contributed by atoms with Crippen molar-refractivity contribution >= 4 is 5.82 Å². The molecule has 6 rings (SSSR count). The van der Waals surface area contributed by atoms with E-state index in [4.69, 9.17) is 9.47 Å². The first-order chi connectivity index (χ1) is 18.4. The third kappa shape index (κ3) is 4.39. The van der Waals surface area contributed by atoms with E-state index in [1.807, 2.05) is 0 Å². The van der Waals surface area contributed by atoms with E-state index in [1.165, 1.54) is 20.6 Å². The molecule has 3 fully saturated rings. The zero-order chi connectivity index (χ0) is 26.4. The topological polar surface area (TPSA) is 106 Å². The maximum absolute atomic E-state index is 15.9. The van der Waals surface area contributed by atoms with E-state index < -0.39 is 6.17 Å². The fourth-order valence-corrected chi connectivity index (χ4v) is 6.43. The summed E-state index contributed by atoms with van der Waals surface area (Å²) in [5, 5.41) is 19.6. The van der Waals surface area contributed by atoms with Gasteiger partial charge in [-0.15, -0.1) is 10.2 Å². The maximum atomic E-state index is 15.9. The van der Waals surface area contributed by atoms with Crippen LogP contribution in [0.15, 0.2) is 30.6 Å². The predicted octanol–water partition coefficient (Wildman–Crippen LogP) is 4.99. The molecule has 0 unspecified atom stereocenters. The Kier molecular flexibility index (Phi) is 6.28. The Labute approximate surface area is 221 Å². The standard InChI is InChI=1S/C28H33FN6O3/c1-28-10-4-5-16(13-28)11-21(24(28)29)35(18-7-8-18)23-15-30-25(34-33-23)19-9-6-17(12-22(19)36)20-14-31-26(37-2)27(32-20)38-3/h6,9,12,14-16,18,21,24,36H,4-5,7-8,10-11,13H2,1-3H3/t16-,21-,24-,28-/m1/s1. The van der Waals surface area contributed by atoms with Crippen LogP contribution >= 0.6 is 0 Å². The number of phenols is 1. The average molecular weight is 521 g/mol. The van der Waals surface area contributed by atoms with Gasteiger partial charge in [-0.1, -0.05) is 25.8 Å². The lowest BCUT2D eigenvalue weighted by Gasteiger charge is -2.52. The number of fused-ring (bicyclic) bond motifs is 2. The second-order valence-electron chi connectivity index (χ2n) is 11.1. The Balaban J connectivity index is 1.25. The number of alkyl halides is 1. The van der Waals surface area contributed by atoms with Crippen molar-refractivity contribution in [2.24, 2.45) is 11.3 Å². The van der Waals surface area contributed by atoms with Gasteiger partial charge in [0, 0.05) is 17.0 Å². The van der Waals surface area contributed by atoms with E-state index in [0.29, 0.717) is 34.4 Å². The normalized spacial score (nSPS) is 26.6. The lowest BCUT2D eigenvalue weighted by molar-refractivity contribution is -0.0125. The number of anilines is 1. The summed E-state index contributed by atoms with van der Waals surface area (Å²) in [5.74, 6) is 2.01. The number of ether oxygens (including phenoxy) is 2. The Morgan fingerprint density at radius 3 is 2.55 bits per heavy atom. The van der Waals surface area contributed by atoms with Crippen LogP contribution in [-0.2, 0) is 0 Å². The number of halogens is 1. The highest BCUT2D eigenvalue weighted by Crippen LogP contribution is 2.52. The summed E-state index contributed by atoms with van der Waals surface area (Å²) < 4.78 is 26.3. The first kappa shape index (κ1) is 24.8. The number of benzene rings is 1. The van der Waals surface area contributed by atoms with Crippen LogP contribution in [0.1, 0.15) is 51.9 Å². The number of rotatable bonds is 7. The Hall–Kier alpha value is -3.56. The quantitative estimate of drug-likeness (QED) is 0.461. The van der Waals surface area contributed by atoms with E-state index in [9.17, 15) is 5.11 Å². The highest BCUT2D eigenvalue weighted by molar-refractivity contribution is 5.71. The van der Waals surface area contributed by atoms with Gasteiger partial charge in [0.05, 0.1) is 43.9 Å². The Morgan fingerprint density at radius 2 is 1.87 bits per heavy atom. The van der Waals surface area contributed by atoms with Crippen molar-refractivity contribution in [2.45, 2.75) is 70.1 Å². The van der Waals surface area contributed by atoms with Crippen LogP contribution in [0, 0.1) is 11.3 Å². The lowest BCUT2D eigenvalue weighted by atomic mass is 9.60. The molecule has 200 valence electrons. The minimum atomic E-state index is -0.891. The Bertz CT molecular complexity index is 1320. The molecule has 3 aliphatic rings. The summed E-state index contributed by atoms with van der Waals surface area (Å²) in [6.07, 6.45) is 9.50. The molecule has 4 atom stereocenters. The molecule has 1 N–H and O–H groups in total. The molecule has 0 saturated heterocycles. The van der Waals surface area contributed by atoms with E-state index in [1.54, 1.807) is 30.6 Å². The molecule has 0 aliphatic heterocycles. The van der Waals surface area contributed by atoms with Crippen LogP contribution < -0.4 is 14.4 Å². The summed E-state index contributed by atoms with van der Waals surface area (Å²) in [4.78, 5) is 15.3. The molecule has 9 nitrogen and oxygen atoms in total. The van der Waals surface area contributed by atoms with E-state index in [2.05, 4.69) is 37.0 Å². The summed E-state index contributed by atoms with van der Waals surface area (Å²) in [5.41, 5.74) is 1.36. The van der Waals surface area contributed by atoms with Crippen LogP contribution in [0.5, 0.6) is 17.5 Å². The molecule has 0 radical (unpaired) electrons. The third-order valence-corrected chi connectivity index (χ3v) is 8.44. The first-order valence-corrected chi connectivity index (χ1v) is 13.3. The van der Waals surface area contributed by atoms with Crippen molar-refractivity contribution in [3.05, 3.63) is 30.6 Å². The van der Waals surface area contributed by atoms with Crippen molar-refractivity contribution in [1.29, 1.82) is 0 Å². The van der Waals surface area contributed by atoms with Gasteiger partial charge in [0.25, 0.3) is 11.8 Å². The fourth-order valence-electron chi connectivity index (χ4n) is 6.43. The van der Waals surface area contributed by atoms with Gasteiger partial charge in [0.2, 0.25) is 0 Å². The smallest absolute Gasteiger partial charge is 0.278 e. The maximum Gasteiger partial charge on any atom is 0.278 e. The zero-order valence-electron chi connectivity index (χ0n) is 22.0. The van der Waals surface area contributed by atoms with Crippen LogP contribution in [0.2, 0.25) is 0 Å². The van der Waals surface area contributed by atoms with Gasteiger partial charge in [0.15, 0.2) is 11.6 Å². The zero-order valence-corrected chi connectivity index (χ0v) is 22.0. The SMILES string of the molecule is COc1ncc(-c2ccc(-c3ncc(N(C4CC4)[C@@H]4C[C@H]5CCC[C@](C)(C5)[C@@H]4F)nn3)c(O)c2)nc1OC. The predicted molar refractivity (Wildman–Crippen MR) is 140 cm³/mol. The highest BCUT2D eigenvalue weighted by Gasteiger charge is 2.52. The fraction of sp³-hybridized carbons (Fsp3) is 0.536. The number of aromatic nitrogens is 5. The van der Waals surface area contributed by atoms with Gasteiger partial charge in [-0.3, -0.25) is 0 Å². The van der Waals surface area contributed by atoms with Gasteiger partial charge in [0.1, 0.15) is 11.9 Å². The molecule has 2 bridgehead atoms. The molecular formula is C28H33FN6O3. The lowest BCUT2D eigenvalue weighted by Crippen LogP contribution is -2.56. The number of hydrogen-bond donors (Lipinski definition) is 1. The van der Waals surface area contributed by atoms with Gasteiger partial charge < -0.3 is 19.5 Å². The van der Waals surface area contributed by atoms with Gasteiger partial charge in [-0.25, -0.2) is 19.3 Å². The summed E-state index contributed by atoms with van der Waals surface area (Å²) in [7, 11) is 2.98. The molecule has 0 spiro atoms. The molecule has 3 aliphatic carbocycles. The summed E-state index contributed by atoms with van der Waals surface area (Å²) in [6, 6.07) is 5.20. The number of phenolic OH excluding ortho intramolecular Hbond substituents is 1. The monoisotopic (exact) mass is 520 g/mol. The minimum absolute atomic E-state index is 0.00969. The Morgan fingerprint density at radius 1 is 1.05 bits per heavy atom. The molecule has 10 heteroatoms. The molecular weight excluding hydrogens is 487 g/mol. The molecule has 0 amide bonds. The third-order valence-electron chi connectivity index (χ3n) is 8.44. The van der Waals surface area contributed by atoms with Crippen molar-refractivity contribution in [2.75, 3.05) is 19.1 Å². The molecule has 3 saturated carbocycles.